The van der Waals surface area contributed by atoms with Gasteiger partial charge in [0, 0.05) is 12.2 Å². The molecule has 0 saturated heterocycles. The molecule has 0 amide bonds. The fraction of sp³-hybridized carbons (Fsp3) is 0.200. The van der Waals surface area contributed by atoms with Gasteiger partial charge in [-0.2, -0.15) is 0 Å². The maximum Gasteiger partial charge on any atom is 0.139 e. The van der Waals surface area contributed by atoms with Crippen LogP contribution >= 0.6 is 15.9 Å². The van der Waals surface area contributed by atoms with Gasteiger partial charge in [0.15, 0.2) is 0 Å². The monoisotopic (exact) mass is 323 g/mol. The molecule has 0 heterocycles. The minimum absolute atomic E-state index is 0.267. The Labute approximate surface area is 120 Å². The van der Waals surface area contributed by atoms with E-state index in [0.29, 0.717) is 17.6 Å². The molecule has 0 aliphatic carbocycles. The van der Waals surface area contributed by atoms with Gasteiger partial charge in [-0.15, -0.1) is 0 Å². The first-order valence-corrected chi connectivity index (χ1v) is 6.83. The van der Waals surface area contributed by atoms with Crippen LogP contribution in [-0.4, -0.2) is 13.2 Å². The second kappa shape index (κ2) is 6.57. The molecule has 0 fully saturated rings. The summed E-state index contributed by atoms with van der Waals surface area (Å²) in [6.07, 6.45) is 0. The van der Waals surface area contributed by atoms with E-state index in [1.54, 1.807) is 6.07 Å². The first-order chi connectivity index (χ1) is 9.16. The summed E-state index contributed by atoms with van der Waals surface area (Å²) in [5, 5.41) is 3.17. The summed E-state index contributed by atoms with van der Waals surface area (Å²) in [7, 11) is 0. The SMILES string of the molecule is Cc1cc(Br)c(F)cc1NCCOc1ccccc1. The molecule has 0 aliphatic rings. The fourth-order valence-corrected chi connectivity index (χ4v) is 2.17. The maximum atomic E-state index is 13.4. The molecule has 0 aliphatic heterocycles. The Kier molecular flexibility index (Phi) is 4.80. The van der Waals surface area contributed by atoms with Gasteiger partial charge >= 0.3 is 0 Å². The number of hydrogen-bond donors (Lipinski definition) is 1. The zero-order valence-electron chi connectivity index (χ0n) is 10.6. The highest BCUT2D eigenvalue weighted by Gasteiger charge is 2.04. The molecule has 2 aromatic carbocycles. The van der Waals surface area contributed by atoms with Crippen molar-refractivity contribution in [1.82, 2.24) is 0 Å². The van der Waals surface area contributed by atoms with Gasteiger partial charge in [0.1, 0.15) is 18.2 Å². The minimum Gasteiger partial charge on any atom is -0.492 e. The lowest BCUT2D eigenvalue weighted by Gasteiger charge is -2.11. The van der Waals surface area contributed by atoms with Gasteiger partial charge in [-0.25, -0.2) is 4.39 Å². The Hall–Kier alpha value is -1.55. The lowest BCUT2D eigenvalue weighted by Crippen LogP contribution is -2.12. The summed E-state index contributed by atoms with van der Waals surface area (Å²) in [4.78, 5) is 0. The number of aryl methyl sites for hydroxylation is 1. The van der Waals surface area contributed by atoms with Crippen LogP contribution in [0.2, 0.25) is 0 Å². The summed E-state index contributed by atoms with van der Waals surface area (Å²) in [6, 6.07) is 12.9. The third kappa shape index (κ3) is 3.96. The molecule has 0 radical (unpaired) electrons. The number of hydrogen-bond acceptors (Lipinski definition) is 2. The predicted octanol–water partition coefficient (Wildman–Crippen LogP) is 4.39. The van der Waals surface area contributed by atoms with Gasteiger partial charge in [-0.05, 0) is 52.7 Å². The van der Waals surface area contributed by atoms with Crippen molar-refractivity contribution in [1.29, 1.82) is 0 Å². The Balaban J connectivity index is 1.85. The van der Waals surface area contributed by atoms with Gasteiger partial charge < -0.3 is 10.1 Å². The average molecular weight is 324 g/mol. The molecular formula is C15H15BrFNO. The maximum absolute atomic E-state index is 13.4. The van der Waals surface area contributed by atoms with E-state index in [2.05, 4.69) is 21.2 Å². The summed E-state index contributed by atoms with van der Waals surface area (Å²) in [5.74, 6) is 0.570. The van der Waals surface area contributed by atoms with Crippen LogP contribution in [0.3, 0.4) is 0 Å². The first-order valence-electron chi connectivity index (χ1n) is 6.04. The largest absolute Gasteiger partial charge is 0.492 e. The molecule has 0 spiro atoms. The third-order valence-corrected chi connectivity index (χ3v) is 3.30. The third-order valence-electron chi connectivity index (χ3n) is 2.70. The Bertz CT molecular complexity index is 545. The van der Waals surface area contributed by atoms with Crippen molar-refractivity contribution in [3.05, 3.63) is 58.3 Å². The molecule has 2 aromatic rings. The van der Waals surface area contributed by atoms with Crippen molar-refractivity contribution in [3.8, 4) is 5.75 Å². The van der Waals surface area contributed by atoms with Gasteiger partial charge in [0.2, 0.25) is 0 Å². The van der Waals surface area contributed by atoms with Gasteiger partial charge in [-0.3, -0.25) is 0 Å². The van der Waals surface area contributed by atoms with Crippen LogP contribution in [0.5, 0.6) is 5.75 Å². The molecule has 0 aromatic heterocycles. The minimum atomic E-state index is -0.267. The number of anilines is 1. The van der Waals surface area contributed by atoms with Crippen molar-refractivity contribution in [2.45, 2.75) is 6.92 Å². The van der Waals surface area contributed by atoms with Crippen molar-refractivity contribution in [2.24, 2.45) is 0 Å². The molecule has 1 N–H and O–H groups in total. The van der Waals surface area contributed by atoms with Gasteiger partial charge in [-0.1, -0.05) is 18.2 Å². The summed E-state index contributed by atoms with van der Waals surface area (Å²) >= 11 is 3.17. The molecule has 0 unspecified atom stereocenters. The predicted molar refractivity (Wildman–Crippen MR) is 79.3 cm³/mol. The van der Waals surface area contributed by atoms with Gasteiger partial charge in [0.05, 0.1) is 4.47 Å². The first kappa shape index (κ1) is 13.9. The molecule has 4 heteroatoms. The smallest absolute Gasteiger partial charge is 0.139 e. The van der Waals surface area contributed by atoms with Crippen molar-refractivity contribution in [2.75, 3.05) is 18.5 Å². The quantitative estimate of drug-likeness (QED) is 0.824. The number of para-hydroxylation sites is 1. The summed E-state index contributed by atoms with van der Waals surface area (Å²) in [6.45, 7) is 3.09. The lowest BCUT2D eigenvalue weighted by atomic mass is 10.2. The lowest BCUT2D eigenvalue weighted by molar-refractivity contribution is 0.333. The van der Waals surface area contributed by atoms with E-state index in [-0.39, 0.29) is 5.82 Å². The molecule has 19 heavy (non-hydrogen) atoms. The highest BCUT2D eigenvalue weighted by molar-refractivity contribution is 9.10. The van der Waals surface area contributed by atoms with E-state index in [4.69, 9.17) is 4.74 Å². The van der Waals surface area contributed by atoms with E-state index in [0.717, 1.165) is 17.0 Å². The molecule has 100 valence electrons. The molecule has 0 bridgehead atoms. The Morgan fingerprint density at radius 3 is 2.68 bits per heavy atom. The zero-order valence-corrected chi connectivity index (χ0v) is 12.2. The summed E-state index contributed by atoms with van der Waals surface area (Å²) in [5.41, 5.74) is 1.78. The molecule has 2 rings (SSSR count). The highest BCUT2D eigenvalue weighted by atomic mass is 79.9. The van der Waals surface area contributed by atoms with Crippen molar-refractivity contribution >= 4 is 21.6 Å². The second-order valence-corrected chi connectivity index (χ2v) is 5.02. The Morgan fingerprint density at radius 2 is 1.95 bits per heavy atom. The zero-order chi connectivity index (χ0) is 13.7. The highest BCUT2D eigenvalue weighted by Crippen LogP contribution is 2.23. The van der Waals surface area contributed by atoms with Crippen LogP contribution in [0.4, 0.5) is 10.1 Å². The number of halogens is 2. The van der Waals surface area contributed by atoms with Crippen LogP contribution in [0, 0.1) is 12.7 Å². The number of rotatable bonds is 5. The van der Waals surface area contributed by atoms with Crippen LogP contribution in [-0.2, 0) is 0 Å². The van der Waals surface area contributed by atoms with E-state index in [1.165, 1.54) is 6.07 Å². The van der Waals surface area contributed by atoms with E-state index < -0.39 is 0 Å². The summed E-state index contributed by atoms with van der Waals surface area (Å²) < 4.78 is 19.5. The number of ether oxygens (including phenoxy) is 1. The van der Waals surface area contributed by atoms with Crippen molar-refractivity contribution < 1.29 is 9.13 Å². The van der Waals surface area contributed by atoms with Crippen LogP contribution in [0.15, 0.2) is 46.9 Å². The van der Waals surface area contributed by atoms with Gasteiger partial charge in [0.25, 0.3) is 0 Å². The van der Waals surface area contributed by atoms with Crippen molar-refractivity contribution in [3.63, 3.8) is 0 Å². The fourth-order valence-electron chi connectivity index (χ4n) is 1.71. The van der Waals surface area contributed by atoms with Crippen LogP contribution in [0.25, 0.3) is 0 Å². The molecule has 0 saturated carbocycles. The normalized spacial score (nSPS) is 10.3. The molecule has 2 nitrogen and oxygen atoms in total. The van der Waals surface area contributed by atoms with Crippen LogP contribution < -0.4 is 10.1 Å². The molecular weight excluding hydrogens is 309 g/mol. The van der Waals surface area contributed by atoms with E-state index >= 15 is 0 Å². The number of benzene rings is 2. The van der Waals surface area contributed by atoms with E-state index in [9.17, 15) is 4.39 Å². The average Bonchev–Trinajstić information content (AvgIpc) is 2.41. The van der Waals surface area contributed by atoms with Crippen LogP contribution in [0.1, 0.15) is 5.56 Å². The Morgan fingerprint density at radius 1 is 1.21 bits per heavy atom. The van der Waals surface area contributed by atoms with E-state index in [1.807, 2.05) is 37.3 Å². The standard InChI is InChI=1S/C15H15BrFNO/c1-11-9-13(16)14(17)10-15(11)18-7-8-19-12-5-3-2-4-6-12/h2-6,9-10,18H,7-8H2,1H3. The topological polar surface area (TPSA) is 21.3 Å². The number of nitrogens with one attached hydrogen (secondary N) is 1. The molecule has 0 atom stereocenters. The second-order valence-electron chi connectivity index (χ2n) is 4.17.